The van der Waals surface area contributed by atoms with Crippen molar-refractivity contribution in [3.63, 3.8) is 0 Å². The van der Waals surface area contributed by atoms with E-state index in [1.165, 1.54) is 0 Å². The minimum Gasteiger partial charge on any atom is -0.507 e. The first-order valence-electron chi connectivity index (χ1n) is 10.1. The van der Waals surface area contributed by atoms with Gasteiger partial charge in [-0.05, 0) is 30.2 Å². The number of nitrogens with two attached hydrogens (primary N) is 2. The highest BCUT2D eigenvalue weighted by atomic mass is 16.3. The Morgan fingerprint density at radius 3 is 2.84 bits per heavy atom. The number of nitrogen functional groups attached to an aromatic ring is 1. The summed E-state index contributed by atoms with van der Waals surface area (Å²) >= 11 is 0. The number of benzene rings is 1. The molecule has 156 valence electrons. The lowest BCUT2D eigenvalue weighted by molar-refractivity contribution is 0.366. The van der Waals surface area contributed by atoms with Crippen molar-refractivity contribution in [1.82, 2.24) is 20.2 Å². The summed E-state index contributed by atoms with van der Waals surface area (Å²) in [6.45, 7) is 2.88. The summed E-state index contributed by atoms with van der Waals surface area (Å²) in [5.74, 6) is 8.08. The summed E-state index contributed by atoms with van der Waals surface area (Å²) < 4.78 is 0. The van der Waals surface area contributed by atoms with Crippen LogP contribution in [0.15, 0.2) is 42.6 Å². The molecule has 3 aromatic rings. The first kappa shape index (κ1) is 19.1. The Labute approximate surface area is 179 Å². The number of nitrogens with zero attached hydrogens (tertiary/aromatic N) is 6. The summed E-state index contributed by atoms with van der Waals surface area (Å²) in [5, 5.41) is 18.5. The maximum absolute atomic E-state index is 10.2. The minimum absolute atomic E-state index is 0.165. The van der Waals surface area contributed by atoms with E-state index in [4.69, 9.17) is 11.5 Å². The van der Waals surface area contributed by atoms with Crippen molar-refractivity contribution >= 4 is 17.3 Å². The second kappa shape index (κ2) is 7.74. The number of phenols is 1. The molecule has 5 rings (SSSR count). The predicted molar refractivity (Wildman–Crippen MR) is 118 cm³/mol. The van der Waals surface area contributed by atoms with Gasteiger partial charge in [-0.15, -0.1) is 10.2 Å². The molecular weight excluding hydrogens is 392 g/mol. The SMILES string of the molecule is NCC#Cc1nccc(N2C[C@@H]3CN(c4cc(-c5ccccc5O)nnc4N)[C@@H]3C2)n1. The molecular formula is C22H22N8O. The molecule has 1 aromatic carbocycles. The summed E-state index contributed by atoms with van der Waals surface area (Å²) in [6, 6.07) is 11.2. The van der Waals surface area contributed by atoms with Crippen molar-refractivity contribution in [2.75, 3.05) is 41.7 Å². The fraction of sp³-hybridized carbons (Fsp3) is 0.273. The number of anilines is 3. The molecule has 2 saturated heterocycles. The van der Waals surface area contributed by atoms with Crippen LogP contribution in [0.3, 0.4) is 0 Å². The van der Waals surface area contributed by atoms with E-state index in [0.717, 1.165) is 31.1 Å². The van der Waals surface area contributed by atoms with Gasteiger partial charge in [0.25, 0.3) is 0 Å². The molecule has 2 aliphatic rings. The molecule has 9 nitrogen and oxygen atoms in total. The van der Waals surface area contributed by atoms with Crippen LogP contribution >= 0.6 is 0 Å². The molecule has 2 aromatic heterocycles. The maximum atomic E-state index is 10.2. The molecule has 31 heavy (non-hydrogen) atoms. The van der Waals surface area contributed by atoms with E-state index in [1.54, 1.807) is 18.3 Å². The highest BCUT2D eigenvalue weighted by Crippen LogP contribution is 2.41. The fourth-order valence-corrected chi connectivity index (χ4v) is 4.26. The van der Waals surface area contributed by atoms with E-state index >= 15 is 0 Å². The molecule has 9 heteroatoms. The molecule has 2 fully saturated rings. The molecule has 2 aliphatic heterocycles. The number of hydrogen-bond donors (Lipinski definition) is 3. The van der Waals surface area contributed by atoms with E-state index < -0.39 is 0 Å². The first-order chi connectivity index (χ1) is 15.1. The summed E-state index contributed by atoms with van der Waals surface area (Å²) in [7, 11) is 0. The van der Waals surface area contributed by atoms with Crippen molar-refractivity contribution in [3.05, 3.63) is 48.4 Å². The Hall–Kier alpha value is -3.90. The highest BCUT2D eigenvalue weighted by molar-refractivity contribution is 5.75. The van der Waals surface area contributed by atoms with Crippen LogP contribution in [0.5, 0.6) is 5.75 Å². The molecule has 2 atom stereocenters. The van der Waals surface area contributed by atoms with Crippen LogP contribution in [-0.2, 0) is 0 Å². The Kier molecular flexibility index (Phi) is 4.76. The molecule has 0 aliphatic carbocycles. The van der Waals surface area contributed by atoms with Gasteiger partial charge in [-0.1, -0.05) is 18.1 Å². The van der Waals surface area contributed by atoms with Gasteiger partial charge < -0.3 is 26.4 Å². The lowest BCUT2D eigenvalue weighted by Crippen LogP contribution is -2.56. The number of rotatable bonds is 3. The predicted octanol–water partition coefficient (Wildman–Crippen LogP) is 0.857. The first-order valence-corrected chi connectivity index (χ1v) is 10.1. The largest absolute Gasteiger partial charge is 0.507 e. The Morgan fingerprint density at radius 2 is 2.00 bits per heavy atom. The molecule has 0 saturated carbocycles. The molecule has 0 radical (unpaired) electrons. The highest BCUT2D eigenvalue weighted by Gasteiger charge is 2.46. The van der Waals surface area contributed by atoms with E-state index in [1.807, 2.05) is 24.3 Å². The second-order valence-corrected chi connectivity index (χ2v) is 7.65. The molecule has 4 heterocycles. The van der Waals surface area contributed by atoms with Gasteiger partial charge in [0.05, 0.1) is 24.0 Å². The molecule has 0 spiro atoms. The zero-order valence-electron chi connectivity index (χ0n) is 16.8. The molecule has 0 bridgehead atoms. The van der Waals surface area contributed by atoms with Gasteiger partial charge in [0, 0.05) is 37.3 Å². The molecule has 5 N–H and O–H groups in total. The molecule has 0 unspecified atom stereocenters. The van der Waals surface area contributed by atoms with Gasteiger partial charge >= 0.3 is 0 Å². The average molecular weight is 414 g/mol. The zero-order chi connectivity index (χ0) is 21.4. The second-order valence-electron chi connectivity index (χ2n) is 7.65. The quantitative estimate of drug-likeness (QED) is 0.534. The summed E-state index contributed by atoms with van der Waals surface area (Å²) in [4.78, 5) is 13.3. The number of fused-ring (bicyclic) bond motifs is 1. The Bertz CT molecular complexity index is 1190. The monoisotopic (exact) mass is 414 g/mol. The van der Waals surface area contributed by atoms with E-state index in [0.29, 0.717) is 34.9 Å². The van der Waals surface area contributed by atoms with Crippen molar-refractivity contribution in [2.45, 2.75) is 6.04 Å². The van der Waals surface area contributed by atoms with Gasteiger partial charge in [-0.2, -0.15) is 0 Å². The summed E-state index contributed by atoms with van der Waals surface area (Å²) in [6.07, 6.45) is 1.73. The number of para-hydroxylation sites is 1. The van der Waals surface area contributed by atoms with Crippen LogP contribution in [0.25, 0.3) is 11.3 Å². The minimum atomic E-state index is 0.165. The maximum Gasteiger partial charge on any atom is 0.206 e. The third-order valence-electron chi connectivity index (χ3n) is 5.80. The number of aromatic hydroxyl groups is 1. The lowest BCUT2D eigenvalue weighted by Gasteiger charge is -2.45. The van der Waals surface area contributed by atoms with E-state index in [9.17, 15) is 5.11 Å². The van der Waals surface area contributed by atoms with Crippen molar-refractivity contribution in [2.24, 2.45) is 11.7 Å². The molecule has 0 amide bonds. The van der Waals surface area contributed by atoms with Crippen molar-refractivity contribution in [1.29, 1.82) is 0 Å². The number of hydrogen-bond acceptors (Lipinski definition) is 9. The van der Waals surface area contributed by atoms with E-state index in [2.05, 4.69) is 41.8 Å². The Balaban J connectivity index is 1.37. The third kappa shape index (κ3) is 3.47. The average Bonchev–Trinajstić information content (AvgIpc) is 3.11. The van der Waals surface area contributed by atoms with Crippen LogP contribution in [-0.4, -0.2) is 57.5 Å². The topological polar surface area (TPSA) is 130 Å². The van der Waals surface area contributed by atoms with Crippen LogP contribution in [0.1, 0.15) is 5.82 Å². The lowest BCUT2D eigenvalue weighted by atomic mass is 9.91. The zero-order valence-corrected chi connectivity index (χ0v) is 16.8. The van der Waals surface area contributed by atoms with Crippen LogP contribution < -0.4 is 21.3 Å². The smallest absolute Gasteiger partial charge is 0.206 e. The normalized spacial score (nSPS) is 19.4. The van der Waals surface area contributed by atoms with Crippen LogP contribution in [0, 0.1) is 17.8 Å². The van der Waals surface area contributed by atoms with Gasteiger partial charge in [-0.25, -0.2) is 9.97 Å². The number of aromatic nitrogens is 4. The van der Waals surface area contributed by atoms with Gasteiger partial charge in [0.1, 0.15) is 11.6 Å². The standard InChI is InChI=1S/C22H22N8O/c23-8-3-6-20-25-9-7-21(26-20)29-11-14-12-30(18(14)13-29)17-10-16(27-28-22(17)24)15-4-1-2-5-19(15)31/h1-2,4-5,7,9-10,14,18,31H,8,11-13,23H2,(H2,24,28)/t14-,18-/m1/s1. The van der Waals surface area contributed by atoms with Gasteiger partial charge in [0.2, 0.25) is 5.82 Å². The van der Waals surface area contributed by atoms with Gasteiger partial charge in [0.15, 0.2) is 5.82 Å². The van der Waals surface area contributed by atoms with Gasteiger partial charge in [-0.3, -0.25) is 0 Å². The third-order valence-corrected chi connectivity index (χ3v) is 5.80. The summed E-state index contributed by atoms with van der Waals surface area (Å²) in [5.41, 5.74) is 13.7. The van der Waals surface area contributed by atoms with Crippen LogP contribution in [0.2, 0.25) is 0 Å². The van der Waals surface area contributed by atoms with Crippen LogP contribution in [0.4, 0.5) is 17.3 Å². The Morgan fingerprint density at radius 1 is 1.13 bits per heavy atom. The van der Waals surface area contributed by atoms with Crippen molar-refractivity contribution in [3.8, 4) is 28.8 Å². The van der Waals surface area contributed by atoms with Crippen molar-refractivity contribution < 1.29 is 5.11 Å². The number of phenolic OH excluding ortho intramolecular Hbond substituents is 1. The fourth-order valence-electron chi connectivity index (χ4n) is 4.26. The van der Waals surface area contributed by atoms with E-state index in [-0.39, 0.29) is 12.3 Å².